The van der Waals surface area contributed by atoms with Crippen LogP contribution in [0.4, 0.5) is 0 Å². The van der Waals surface area contributed by atoms with Crippen LogP contribution in [0.5, 0.6) is 0 Å². The second kappa shape index (κ2) is 3.66. The number of β-amino-alcohol motifs (C(OH)–C–C–N with tert-alkyl or cyclic N) is 1. The minimum Gasteiger partial charge on any atom is -0.387 e. The highest BCUT2D eigenvalue weighted by Crippen LogP contribution is 2.26. The van der Waals surface area contributed by atoms with Crippen molar-refractivity contribution in [2.75, 3.05) is 13.1 Å². The maximum Gasteiger partial charge on any atom is 0.0917 e. The van der Waals surface area contributed by atoms with Crippen molar-refractivity contribution >= 4 is 11.6 Å². The number of hydrogen-bond acceptors (Lipinski definition) is 2. The fourth-order valence-electron chi connectivity index (χ4n) is 1.71. The Balaban J connectivity index is 2.47. The molecule has 0 amide bonds. The van der Waals surface area contributed by atoms with Crippen molar-refractivity contribution in [2.24, 2.45) is 0 Å². The zero-order valence-corrected chi connectivity index (χ0v) is 8.01. The molecule has 70 valence electrons. The lowest BCUT2D eigenvalue weighted by Crippen LogP contribution is -2.19. The molecule has 1 atom stereocenters. The van der Waals surface area contributed by atoms with Crippen molar-refractivity contribution in [1.29, 1.82) is 0 Å². The van der Waals surface area contributed by atoms with Gasteiger partial charge >= 0.3 is 0 Å². The Labute approximate surface area is 82.5 Å². The molecular formula is C10H12ClNO. The van der Waals surface area contributed by atoms with Gasteiger partial charge in [-0.05, 0) is 30.2 Å². The summed E-state index contributed by atoms with van der Waals surface area (Å²) in [5.74, 6) is 0. The molecule has 2 rings (SSSR count). The van der Waals surface area contributed by atoms with E-state index < -0.39 is 6.10 Å². The highest BCUT2D eigenvalue weighted by molar-refractivity contribution is 6.31. The average Bonchev–Trinajstić information content (AvgIpc) is 2.30. The van der Waals surface area contributed by atoms with E-state index in [4.69, 9.17) is 11.6 Å². The maximum atomic E-state index is 9.74. The maximum absolute atomic E-state index is 9.74. The van der Waals surface area contributed by atoms with Crippen molar-refractivity contribution in [3.05, 3.63) is 34.3 Å². The van der Waals surface area contributed by atoms with Crippen molar-refractivity contribution in [1.82, 2.24) is 5.32 Å². The van der Waals surface area contributed by atoms with Gasteiger partial charge in [0.1, 0.15) is 0 Å². The molecule has 2 N–H and O–H groups in total. The fourth-order valence-corrected chi connectivity index (χ4v) is 1.99. The molecule has 1 aromatic rings. The van der Waals surface area contributed by atoms with Crippen LogP contribution in [-0.4, -0.2) is 18.2 Å². The Morgan fingerprint density at radius 3 is 3.15 bits per heavy atom. The zero-order valence-electron chi connectivity index (χ0n) is 7.26. The SMILES string of the molecule is OC1CNCCc2c(Cl)cccc21. The number of aliphatic hydroxyl groups excluding tert-OH is 1. The summed E-state index contributed by atoms with van der Waals surface area (Å²) in [6.45, 7) is 1.50. The Hall–Kier alpha value is -0.570. The van der Waals surface area contributed by atoms with E-state index in [0.717, 1.165) is 29.1 Å². The average molecular weight is 198 g/mol. The second-order valence-corrected chi connectivity index (χ2v) is 3.68. The summed E-state index contributed by atoms with van der Waals surface area (Å²) in [6.07, 6.45) is 0.475. The molecule has 0 spiro atoms. The third-order valence-electron chi connectivity index (χ3n) is 2.40. The summed E-state index contributed by atoms with van der Waals surface area (Å²) < 4.78 is 0. The highest BCUT2D eigenvalue weighted by atomic mass is 35.5. The lowest BCUT2D eigenvalue weighted by atomic mass is 10.0. The van der Waals surface area contributed by atoms with Gasteiger partial charge in [0.05, 0.1) is 6.10 Å². The number of fused-ring (bicyclic) bond motifs is 1. The number of benzene rings is 1. The van der Waals surface area contributed by atoms with Crippen molar-refractivity contribution in [3.8, 4) is 0 Å². The van der Waals surface area contributed by atoms with E-state index in [2.05, 4.69) is 5.32 Å². The molecule has 0 radical (unpaired) electrons. The van der Waals surface area contributed by atoms with Gasteiger partial charge in [0, 0.05) is 11.6 Å². The van der Waals surface area contributed by atoms with Crippen LogP contribution in [0.2, 0.25) is 5.02 Å². The minimum atomic E-state index is -0.420. The summed E-state index contributed by atoms with van der Waals surface area (Å²) in [4.78, 5) is 0. The Kier molecular flexibility index (Phi) is 2.54. The molecular weight excluding hydrogens is 186 g/mol. The molecule has 0 bridgehead atoms. The van der Waals surface area contributed by atoms with Crippen molar-refractivity contribution < 1.29 is 5.11 Å². The van der Waals surface area contributed by atoms with Gasteiger partial charge in [-0.25, -0.2) is 0 Å². The van der Waals surface area contributed by atoms with Gasteiger partial charge in [-0.2, -0.15) is 0 Å². The van der Waals surface area contributed by atoms with Crippen LogP contribution >= 0.6 is 11.6 Å². The molecule has 1 aliphatic rings. The predicted molar refractivity (Wildman–Crippen MR) is 53.0 cm³/mol. The third kappa shape index (κ3) is 1.70. The van der Waals surface area contributed by atoms with Gasteiger partial charge in [-0.1, -0.05) is 23.7 Å². The quantitative estimate of drug-likeness (QED) is 0.661. The van der Waals surface area contributed by atoms with Gasteiger partial charge < -0.3 is 10.4 Å². The Morgan fingerprint density at radius 1 is 1.46 bits per heavy atom. The van der Waals surface area contributed by atoms with Crippen LogP contribution in [0.25, 0.3) is 0 Å². The van der Waals surface area contributed by atoms with E-state index in [0.29, 0.717) is 6.54 Å². The van der Waals surface area contributed by atoms with E-state index in [1.807, 2.05) is 18.2 Å². The molecule has 1 unspecified atom stereocenters. The zero-order chi connectivity index (χ0) is 9.26. The minimum absolute atomic E-state index is 0.420. The monoisotopic (exact) mass is 197 g/mol. The summed E-state index contributed by atoms with van der Waals surface area (Å²) >= 11 is 6.04. The van der Waals surface area contributed by atoms with Gasteiger partial charge in [-0.3, -0.25) is 0 Å². The summed E-state index contributed by atoms with van der Waals surface area (Å²) in [6, 6.07) is 5.70. The summed E-state index contributed by atoms with van der Waals surface area (Å²) in [5, 5.41) is 13.7. The number of aliphatic hydroxyl groups is 1. The van der Waals surface area contributed by atoms with Gasteiger partial charge in [0.15, 0.2) is 0 Å². The third-order valence-corrected chi connectivity index (χ3v) is 2.76. The van der Waals surface area contributed by atoms with E-state index >= 15 is 0 Å². The molecule has 1 heterocycles. The highest BCUT2D eigenvalue weighted by Gasteiger charge is 2.17. The number of rotatable bonds is 0. The second-order valence-electron chi connectivity index (χ2n) is 3.28. The van der Waals surface area contributed by atoms with Crippen LogP contribution in [0.15, 0.2) is 18.2 Å². The molecule has 2 nitrogen and oxygen atoms in total. The first-order valence-corrected chi connectivity index (χ1v) is 4.83. The number of hydrogen-bond donors (Lipinski definition) is 2. The molecule has 1 aromatic carbocycles. The van der Waals surface area contributed by atoms with E-state index in [1.165, 1.54) is 0 Å². The van der Waals surface area contributed by atoms with Gasteiger partial charge in [0.25, 0.3) is 0 Å². The molecule has 0 aromatic heterocycles. The van der Waals surface area contributed by atoms with E-state index in [-0.39, 0.29) is 0 Å². The van der Waals surface area contributed by atoms with Gasteiger partial charge in [0.2, 0.25) is 0 Å². The van der Waals surface area contributed by atoms with Gasteiger partial charge in [-0.15, -0.1) is 0 Å². The molecule has 0 saturated heterocycles. The van der Waals surface area contributed by atoms with Crippen molar-refractivity contribution in [3.63, 3.8) is 0 Å². The first-order valence-electron chi connectivity index (χ1n) is 4.45. The van der Waals surface area contributed by atoms with Crippen LogP contribution in [0.3, 0.4) is 0 Å². The lowest BCUT2D eigenvalue weighted by molar-refractivity contribution is 0.178. The molecule has 13 heavy (non-hydrogen) atoms. The number of nitrogens with one attached hydrogen (secondary N) is 1. The Bertz CT molecular complexity index is 314. The van der Waals surface area contributed by atoms with Crippen LogP contribution in [0.1, 0.15) is 17.2 Å². The largest absolute Gasteiger partial charge is 0.387 e. The Morgan fingerprint density at radius 2 is 2.31 bits per heavy atom. The summed E-state index contributed by atoms with van der Waals surface area (Å²) in [5.41, 5.74) is 2.05. The van der Waals surface area contributed by atoms with Crippen LogP contribution < -0.4 is 5.32 Å². The van der Waals surface area contributed by atoms with E-state index in [9.17, 15) is 5.11 Å². The normalized spacial score (nSPS) is 22.2. The molecule has 0 fully saturated rings. The predicted octanol–water partition coefficient (Wildman–Crippen LogP) is 1.52. The van der Waals surface area contributed by atoms with E-state index in [1.54, 1.807) is 0 Å². The summed E-state index contributed by atoms with van der Waals surface area (Å²) in [7, 11) is 0. The first kappa shape index (κ1) is 9.00. The smallest absolute Gasteiger partial charge is 0.0917 e. The first-order chi connectivity index (χ1) is 6.29. The fraction of sp³-hybridized carbons (Fsp3) is 0.400. The topological polar surface area (TPSA) is 32.3 Å². The molecule has 3 heteroatoms. The van der Waals surface area contributed by atoms with Crippen molar-refractivity contribution in [2.45, 2.75) is 12.5 Å². The molecule has 0 saturated carbocycles. The standard InChI is InChI=1S/C10H12ClNO/c11-9-3-1-2-8-7(9)4-5-12-6-10(8)13/h1-3,10,12-13H,4-6H2. The molecule has 0 aliphatic carbocycles. The van der Waals surface area contributed by atoms with Crippen LogP contribution in [0, 0.1) is 0 Å². The molecule has 1 aliphatic heterocycles. The van der Waals surface area contributed by atoms with Crippen LogP contribution in [-0.2, 0) is 6.42 Å². The number of halogens is 1. The lowest BCUT2D eigenvalue weighted by Gasteiger charge is -2.11.